The van der Waals surface area contributed by atoms with Crippen molar-refractivity contribution in [2.75, 3.05) is 23.0 Å². The van der Waals surface area contributed by atoms with Gasteiger partial charge in [-0.3, -0.25) is 9.59 Å². The SMILES string of the molecule is O=C(Nc1ccc(C(=O)Nc2ccc(Cl)cc2)cc1)C1=CSCCO1. The molecule has 0 atom stereocenters. The van der Waals surface area contributed by atoms with Crippen LogP contribution in [0.1, 0.15) is 10.4 Å². The van der Waals surface area contributed by atoms with Crippen LogP contribution in [0.3, 0.4) is 0 Å². The summed E-state index contributed by atoms with van der Waals surface area (Å²) in [4.78, 5) is 24.3. The molecule has 1 heterocycles. The van der Waals surface area contributed by atoms with Gasteiger partial charge in [0, 0.05) is 33.1 Å². The third-order valence-electron chi connectivity index (χ3n) is 3.38. The summed E-state index contributed by atoms with van der Waals surface area (Å²) >= 11 is 7.36. The first-order valence-electron chi connectivity index (χ1n) is 7.55. The van der Waals surface area contributed by atoms with E-state index >= 15 is 0 Å². The Bertz CT molecular complexity index is 804. The number of amides is 2. The number of rotatable bonds is 4. The average molecular weight is 375 g/mol. The molecule has 0 fully saturated rings. The smallest absolute Gasteiger partial charge is 0.291 e. The quantitative estimate of drug-likeness (QED) is 0.844. The topological polar surface area (TPSA) is 67.4 Å². The highest BCUT2D eigenvalue weighted by Gasteiger charge is 2.14. The molecule has 25 heavy (non-hydrogen) atoms. The fraction of sp³-hybridized carbons (Fsp3) is 0.111. The van der Waals surface area contributed by atoms with Crippen LogP contribution in [0.5, 0.6) is 0 Å². The zero-order chi connectivity index (χ0) is 17.6. The van der Waals surface area contributed by atoms with E-state index < -0.39 is 0 Å². The van der Waals surface area contributed by atoms with Gasteiger partial charge in [-0.1, -0.05) is 11.6 Å². The van der Waals surface area contributed by atoms with E-state index in [2.05, 4.69) is 10.6 Å². The lowest BCUT2D eigenvalue weighted by Gasteiger charge is -2.14. The third kappa shape index (κ3) is 4.78. The van der Waals surface area contributed by atoms with Crippen molar-refractivity contribution in [1.82, 2.24) is 0 Å². The molecule has 1 aliphatic heterocycles. The van der Waals surface area contributed by atoms with Gasteiger partial charge in [-0.25, -0.2) is 0 Å². The fourth-order valence-electron chi connectivity index (χ4n) is 2.12. The van der Waals surface area contributed by atoms with E-state index in [0.29, 0.717) is 34.3 Å². The number of ether oxygens (including phenoxy) is 1. The van der Waals surface area contributed by atoms with Gasteiger partial charge in [0.1, 0.15) is 0 Å². The van der Waals surface area contributed by atoms with Crippen molar-refractivity contribution in [3.63, 3.8) is 0 Å². The maximum Gasteiger partial charge on any atom is 0.291 e. The van der Waals surface area contributed by atoms with E-state index in [9.17, 15) is 9.59 Å². The van der Waals surface area contributed by atoms with E-state index in [1.807, 2.05) is 0 Å². The first-order valence-corrected chi connectivity index (χ1v) is 8.97. The van der Waals surface area contributed by atoms with Gasteiger partial charge in [0.25, 0.3) is 11.8 Å². The molecule has 0 unspecified atom stereocenters. The molecule has 1 aliphatic rings. The van der Waals surface area contributed by atoms with E-state index in [4.69, 9.17) is 16.3 Å². The van der Waals surface area contributed by atoms with Gasteiger partial charge in [-0.2, -0.15) is 0 Å². The summed E-state index contributed by atoms with van der Waals surface area (Å²) in [6.07, 6.45) is 0. The summed E-state index contributed by atoms with van der Waals surface area (Å²) in [5.41, 5.74) is 1.73. The largest absolute Gasteiger partial charge is 0.487 e. The van der Waals surface area contributed by atoms with Crippen molar-refractivity contribution in [3.8, 4) is 0 Å². The summed E-state index contributed by atoms with van der Waals surface area (Å²) in [5, 5.41) is 7.83. The predicted octanol–water partition coefficient (Wildman–Crippen LogP) is 4.14. The van der Waals surface area contributed by atoms with Crippen molar-refractivity contribution in [2.45, 2.75) is 0 Å². The summed E-state index contributed by atoms with van der Waals surface area (Å²) in [6.45, 7) is 0.522. The fourth-order valence-corrected chi connectivity index (χ4v) is 2.87. The van der Waals surface area contributed by atoms with Gasteiger partial charge < -0.3 is 15.4 Å². The van der Waals surface area contributed by atoms with E-state index in [1.54, 1.807) is 65.7 Å². The molecule has 7 heteroatoms. The number of anilines is 2. The molecule has 5 nitrogen and oxygen atoms in total. The molecule has 2 aromatic rings. The standard InChI is InChI=1S/C18H15ClN2O3S/c19-13-3-7-15(8-4-13)20-17(22)12-1-5-14(6-2-12)21-18(23)16-11-25-10-9-24-16/h1-8,11H,9-10H2,(H,20,22)(H,21,23). The Balaban J connectivity index is 1.61. The van der Waals surface area contributed by atoms with Crippen molar-refractivity contribution >= 4 is 46.6 Å². The maximum absolute atomic E-state index is 12.2. The average Bonchev–Trinajstić information content (AvgIpc) is 2.65. The number of nitrogens with one attached hydrogen (secondary N) is 2. The molecule has 0 radical (unpaired) electrons. The molecule has 0 spiro atoms. The molecule has 0 saturated carbocycles. The molecule has 2 N–H and O–H groups in total. The van der Waals surface area contributed by atoms with Crippen LogP contribution in [-0.2, 0) is 9.53 Å². The summed E-state index contributed by atoms with van der Waals surface area (Å²) in [5.74, 6) is 0.607. The monoisotopic (exact) mass is 374 g/mol. The van der Waals surface area contributed by atoms with Gasteiger partial charge in [-0.15, -0.1) is 11.8 Å². The molecule has 2 aromatic carbocycles. The minimum atomic E-state index is -0.300. The minimum Gasteiger partial charge on any atom is -0.487 e. The zero-order valence-electron chi connectivity index (χ0n) is 13.1. The number of carbonyl (C=O) groups is 2. The van der Waals surface area contributed by atoms with Crippen molar-refractivity contribution < 1.29 is 14.3 Å². The van der Waals surface area contributed by atoms with E-state index in [-0.39, 0.29) is 11.8 Å². The Morgan fingerprint density at radius 1 is 0.920 bits per heavy atom. The second kappa shape index (κ2) is 8.09. The van der Waals surface area contributed by atoms with Crippen LogP contribution in [0.2, 0.25) is 5.02 Å². The Labute approximate surface area is 154 Å². The Kier molecular flexibility index (Phi) is 5.63. The van der Waals surface area contributed by atoms with Crippen molar-refractivity contribution in [1.29, 1.82) is 0 Å². The molecule has 0 aromatic heterocycles. The molecule has 2 amide bonds. The Morgan fingerprint density at radius 3 is 2.12 bits per heavy atom. The Hall–Kier alpha value is -2.44. The lowest BCUT2D eigenvalue weighted by molar-refractivity contribution is -0.116. The highest BCUT2D eigenvalue weighted by molar-refractivity contribution is 8.02. The van der Waals surface area contributed by atoms with Crippen LogP contribution in [0, 0.1) is 0 Å². The van der Waals surface area contributed by atoms with Crippen LogP contribution in [0.25, 0.3) is 0 Å². The van der Waals surface area contributed by atoms with E-state index in [1.165, 1.54) is 0 Å². The predicted molar refractivity (Wildman–Crippen MR) is 101 cm³/mol. The normalized spacial score (nSPS) is 13.4. The molecular weight excluding hydrogens is 360 g/mol. The Morgan fingerprint density at radius 2 is 1.52 bits per heavy atom. The van der Waals surface area contributed by atoms with Gasteiger partial charge >= 0.3 is 0 Å². The number of carbonyl (C=O) groups excluding carboxylic acids is 2. The second-order valence-electron chi connectivity index (χ2n) is 5.19. The van der Waals surface area contributed by atoms with Crippen LogP contribution in [-0.4, -0.2) is 24.2 Å². The summed E-state index contributed by atoms with van der Waals surface area (Å²) < 4.78 is 5.30. The van der Waals surface area contributed by atoms with E-state index in [0.717, 1.165) is 5.75 Å². The molecular formula is C18H15ClN2O3S. The summed E-state index contributed by atoms with van der Waals surface area (Å²) in [7, 11) is 0. The highest BCUT2D eigenvalue weighted by atomic mass is 35.5. The van der Waals surface area contributed by atoms with Crippen LogP contribution < -0.4 is 10.6 Å². The lowest BCUT2D eigenvalue weighted by atomic mass is 10.2. The van der Waals surface area contributed by atoms with Gasteiger partial charge in [0.2, 0.25) is 0 Å². The zero-order valence-corrected chi connectivity index (χ0v) is 14.7. The molecule has 3 rings (SSSR count). The highest BCUT2D eigenvalue weighted by Crippen LogP contribution is 2.18. The first-order chi connectivity index (χ1) is 12.1. The second-order valence-corrected chi connectivity index (χ2v) is 6.61. The number of thioether (sulfide) groups is 1. The minimum absolute atomic E-state index is 0.241. The van der Waals surface area contributed by atoms with Gasteiger partial charge in [0.05, 0.1) is 6.61 Å². The van der Waals surface area contributed by atoms with Crippen LogP contribution in [0.4, 0.5) is 11.4 Å². The van der Waals surface area contributed by atoms with Crippen LogP contribution >= 0.6 is 23.4 Å². The van der Waals surface area contributed by atoms with Crippen LogP contribution in [0.15, 0.2) is 59.7 Å². The first kappa shape index (κ1) is 17.4. The number of halogens is 1. The lowest BCUT2D eigenvalue weighted by Crippen LogP contribution is -2.19. The number of hydrogen-bond donors (Lipinski definition) is 2. The van der Waals surface area contributed by atoms with Gasteiger partial charge in [0.15, 0.2) is 5.76 Å². The van der Waals surface area contributed by atoms with Crippen molar-refractivity contribution in [2.24, 2.45) is 0 Å². The third-order valence-corrected chi connectivity index (χ3v) is 4.42. The molecule has 128 valence electrons. The van der Waals surface area contributed by atoms with Gasteiger partial charge in [-0.05, 0) is 48.5 Å². The summed E-state index contributed by atoms with van der Waals surface area (Å²) in [6, 6.07) is 13.5. The maximum atomic E-state index is 12.2. The molecule has 0 saturated heterocycles. The number of hydrogen-bond acceptors (Lipinski definition) is 4. The number of benzene rings is 2. The molecule has 0 aliphatic carbocycles. The van der Waals surface area contributed by atoms with Crippen molar-refractivity contribution in [3.05, 3.63) is 70.3 Å². The molecule has 0 bridgehead atoms.